The van der Waals surface area contributed by atoms with Crippen molar-refractivity contribution in [3.8, 4) is 5.75 Å². The lowest BCUT2D eigenvalue weighted by Gasteiger charge is -2.20. The molecule has 1 aliphatic heterocycles. The first kappa shape index (κ1) is 20.2. The zero-order valence-electron chi connectivity index (χ0n) is 16.6. The number of nitrogens with zero attached hydrogens (tertiary/aromatic N) is 1. The number of hydrogen-bond acceptors (Lipinski definition) is 3. The highest BCUT2D eigenvalue weighted by molar-refractivity contribution is 6.34. The van der Waals surface area contributed by atoms with Gasteiger partial charge in [-0.25, -0.2) is 0 Å². The molecular formula is C22H25ClN2O3. The molecule has 1 N–H and O–H groups in total. The average Bonchev–Trinajstić information content (AvgIpc) is 2.88. The number of para-hydroxylation sites is 1. The lowest BCUT2D eigenvalue weighted by molar-refractivity contribution is -0.126. The van der Waals surface area contributed by atoms with Crippen molar-refractivity contribution in [3.05, 3.63) is 58.6 Å². The van der Waals surface area contributed by atoms with Gasteiger partial charge in [0.2, 0.25) is 5.91 Å². The molecular weight excluding hydrogens is 376 g/mol. The third-order valence-corrected chi connectivity index (χ3v) is 5.07. The molecule has 0 saturated carbocycles. The van der Waals surface area contributed by atoms with E-state index in [1.165, 1.54) is 12.5 Å². The highest BCUT2D eigenvalue weighted by atomic mass is 35.5. The summed E-state index contributed by atoms with van der Waals surface area (Å²) in [6.07, 6.45) is 0. The summed E-state index contributed by atoms with van der Waals surface area (Å²) < 4.78 is 5.83. The quantitative estimate of drug-likeness (QED) is 0.816. The summed E-state index contributed by atoms with van der Waals surface area (Å²) >= 11 is 6.34. The number of carbonyl (C=O) groups is 2. The molecule has 2 aromatic carbocycles. The van der Waals surface area contributed by atoms with Crippen molar-refractivity contribution in [2.75, 3.05) is 18.1 Å². The van der Waals surface area contributed by atoms with Gasteiger partial charge in [0, 0.05) is 12.5 Å². The summed E-state index contributed by atoms with van der Waals surface area (Å²) in [4.78, 5) is 25.9. The van der Waals surface area contributed by atoms with E-state index in [0.717, 1.165) is 5.75 Å². The molecule has 1 aliphatic rings. The van der Waals surface area contributed by atoms with Crippen LogP contribution in [0.15, 0.2) is 42.5 Å². The fraction of sp³-hybridized carbons (Fsp3) is 0.364. The number of rotatable bonds is 5. The SMILES string of the molecule is CC(=O)N[C@H]1C(=O)N(CCOc2ccc(C(C)(C)C)cc2)c2c(Cl)cccc21. The maximum Gasteiger partial charge on any atom is 0.254 e. The van der Waals surface area contributed by atoms with Gasteiger partial charge in [0.1, 0.15) is 18.4 Å². The van der Waals surface area contributed by atoms with Crippen molar-refractivity contribution >= 4 is 29.1 Å². The minimum atomic E-state index is -0.711. The van der Waals surface area contributed by atoms with Crippen molar-refractivity contribution in [3.63, 3.8) is 0 Å². The predicted octanol–water partition coefficient (Wildman–Crippen LogP) is 4.24. The van der Waals surface area contributed by atoms with Gasteiger partial charge in [-0.1, -0.05) is 56.6 Å². The molecule has 6 heteroatoms. The van der Waals surface area contributed by atoms with Crippen LogP contribution >= 0.6 is 11.6 Å². The Labute approximate surface area is 170 Å². The van der Waals surface area contributed by atoms with Gasteiger partial charge in [0.15, 0.2) is 0 Å². The van der Waals surface area contributed by atoms with Crippen LogP contribution < -0.4 is 15.0 Å². The number of nitrogens with one attached hydrogen (secondary N) is 1. The minimum absolute atomic E-state index is 0.0830. The Morgan fingerprint density at radius 2 is 1.86 bits per heavy atom. The Morgan fingerprint density at radius 1 is 1.18 bits per heavy atom. The van der Waals surface area contributed by atoms with Gasteiger partial charge >= 0.3 is 0 Å². The number of ether oxygens (including phenoxy) is 1. The van der Waals surface area contributed by atoms with Crippen LogP contribution in [0.25, 0.3) is 0 Å². The third-order valence-electron chi connectivity index (χ3n) is 4.76. The zero-order valence-corrected chi connectivity index (χ0v) is 17.3. The molecule has 0 saturated heterocycles. The number of halogens is 1. The maximum absolute atomic E-state index is 12.8. The first-order valence-electron chi connectivity index (χ1n) is 9.28. The molecule has 0 aliphatic carbocycles. The standard InChI is InChI=1S/C22H25ClN2O3/c1-14(26)24-19-17-6-5-7-18(23)20(17)25(21(19)27)12-13-28-16-10-8-15(9-11-16)22(2,3)4/h5-11,19H,12-13H2,1-4H3,(H,24,26)/t19-/m1/s1. The van der Waals surface area contributed by atoms with Gasteiger partial charge in [-0.15, -0.1) is 0 Å². The number of amides is 2. The van der Waals surface area contributed by atoms with Gasteiger partial charge in [-0.05, 0) is 29.2 Å². The molecule has 0 spiro atoms. The Morgan fingerprint density at radius 3 is 2.46 bits per heavy atom. The number of carbonyl (C=O) groups excluding carboxylic acids is 2. The molecule has 0 fully saturated rings. The van der Waals surface area contributed by atoms with Crippen LogP contribution in [0.4, 0.5) is 5.69 Å². The van der Waals surface area contributed by atoms with Crippen molar-refractivity contribution in [2.45, 2.75) is 39.2 Å². The van der Waals surface area contributed by atoms with Crippen molar-refractivity contribution < 1.29 is 14.3 Å². The van der Waals surface area contributed by atoms with Gasteiger partial charge in [-0.3, -0.25) is 9.59 Å². The van der Waals surface area contributed by atoms with E-state index in [1.807, 2.05) is 18.2 Å². The molecule has 5 nitrogen and oxygen atoms in total. The fourth-order valence-electron chi connectivity index (χ4n) is 3.32. The second kappa shape index (κ2) is 7.84. The number of anilines is 1. The van der Waals surface area contributed by atoms with Gasteiger partial charge in [-0.2, -0.15) is 0 Å². The topological polar surface area (TPSA) is 58.6 Å². The van der Waals surface area contributed by atoms with E-state index in [1.54, 1.807) is 17.0 Å². The van der Waals surface area contributed by atoms with Crippen molar-refractivity contribution in [1.82, 2.24) is 5.32 Å². The molecule has 3 rings (SSSR count). The van der Waals surface area contributed by atoms with E-state index < -0.39 is 6.04 Å². The molecule has 2 aromatic rings. The Kier molecular flexibility index (Phi) is 5.66. The Hall–Kier alpha value is -2.53. The lowest BCUT2D eigenvalue weighted by atomic mass is 9.87. The van der Waals surface area contributed by atoms with E-state index in [9.17, 15) is 9.59 Å². The van der Waals surface area contributed by atoms with Crippen molar-refractivity contribution in [2.24, 2.45) is 0 Å². The summed E-state index contributed by atoms with van der Waals surface area (Å²) in [6.45, 7) is 8.53. The van der Waals surface area contributed by atoms with Crippen LogP contribution in [-0.2, 0) is 15.0 Å². The number of fused-ring (bicyclic) bond motifs is 1. The number of hydrogen-bond donors (Lipinski definition) is 1. The maximum atomic E-state index is 12.8. The van der Waals surface area contributed by atoms with Crippen LogP contribution in [-0.4, -0.2) is 25.0 Å². The molecule has 1 heterocycles. The highest BCUT2D eigenvalue weighted by Gasteiger charge is 2.39. The summed E-state index contributed by atoms with van der Waals surface area (Å²) in [5, 5.41) is 3.18. The Bertz CT molecular complexity index is 888. The minimum Gasteiger partial charge on any atom is -0.492 e. The average molecular weight is 401 g/mol. The smallest absolute Gasteiger partial charge is 0.254 e. The predicted molar refractivity (Wildman–Crippen MR) is 111 cm³/mol. The van der Waals surface area contributed by atoms with Crippen LogP contribution in [0.2, 0.25) is 5.02 Å². The van der Waals surface area contributed by atoms with Crippen LogP contribution in [0.5, 0.6) is 5.75 Å². The van der Waals surface area contributed by atoms with E-state index >= 15 is 0 Å². The summed E-state index contributed by atoms with van der Waals surface area (Å²) in [5.41, 5.74) is 2.66. The molecule has 28 heavy (non-hydrogen) atoms. The molecule has 1 atom stereocenters. The van der Waals surface area contributed by atoms with E-state index in [4.69, 9.17) is 16.3 Å². The zero-order chi connectivity index (χ0) is 20.5. The molecule has 0 unspecified atom stereocenters. The van der Waals surface area contributed by atoms with E-state index in [0.29, 0.717) is 29.4 Å². The van der Waals surface area contributed by atoms with Gasteiger partial charge in [0.05, 0.1) is 17.3 Å². The van der Waals surface area contributed by atoms with Crippen LogP contribution in [0, 0.1) is 0 Å². The van der Waals surface area contributed by atoms with Crippen molar-refractivity contribution in [1.29, 1.82) is 0 Å². The van der Waals surface area contributed by atoms with E-state index in [-0.39, 0.29) is 17.2 Å². The van der Waals surface area contributed by atoms with Crippen LogP contribution in [0.1, 0.15) is 44.9 Å². The Balaban J connectivity index is 1.71. The molecule has 2 amide bonds. The molecule has 0 radical (unpaired) electrons. The fourth-order valence-corrected chi connectivity index (χ4v) is 3.60. The normalized spacial score (nSPS) is 16.1. The highest BCUT2D eigenvalue weighted by Crippen LogP contribution is 2.40. The monoisotopic (exact) mass is 400 g/mol. The molecule has 148 valence electrons. The second-order valence-electron chi connectivity index (χ2n) is 7.92. The van der Waals surface area contributed by atoms with Gasteiger partial charge in [0.25, 0.3) is 5.91 Å². The second-order valence-corrected chi connectivity index (χ2v) is 8.33. The summed E-state index contributed by atoms with van der Waals surface area (Å²) in [7, 11) is 0. The summed E-state index contributed by atoms with van der Waals surface area (Å²) in [5.74, 6) is 0.281. The van der Waals surface area contributed by atoms with Gasteiger partial charge < -0.3 is 15.0 Å². The first-order chi connectivity index (χ1) is 13.2. The lowest BCUT2D eigenvalue weighted by Crippen LogP contribution is -2.38. The van der Waals surface area contributed by atoms with E-state index in [2.05, 4.69) is 38.2 Å². The first-order valence-corrected chi connectivity index (χ1v) is 9.66. The third kappa shape index (κ3) is 4.14. The molecule has 0 bridgehead atoms. The largest absolute Gasteiger partial charge is 0.492 e. The number of benzene rings is 2. The van der Waals surface area contributed by atoms with Crippen LogP contribution in [0.3, 0.4) is 0 Å². The molecule has 0 aromatic heterocycles. The summed E-state index contributed by atoms with van der Waals surface area (Å²) in [6, 6.07) is 12.6.